The summed E-state index contributed by atoms with van der Waals surface area (Å²) in [5.41, 5.74) is 0.203. The molecule has 3 amide bonds. The Morgan fingerprint density at radius 1 is 1.19 bits per heavy atom. The van der Waals surface area contributed by atoms with Crippen LogP contribution in [0, 0.1) is 5.82 Å². The molecule has 9 heteroatoms. The Bertz CT molecular complexity index is 983. The van der Waals surface area contributed by atoms with Crippen molar-refractivity contribution < 1.29 is 28.2 Å². The Balaban J connectivity index is 1.70. The van der Waals surface area contributed by atoms with Crippen LogP contribution in [0.1, 0.15) is 54.0 Å². The lowest BCUT2D eigenvalue weighted by atomic mass is 10.1. The van der Waals surface area contributed by atoms with E-state index >= 15 is 0 Å². The van der Waals surface area contributed by atoms with Crippen LogP contribution < -0.4 is 10.1 Å². The number of carbonyl (C=O) groups excluding carboxylic acids is 3. The standard InChI is InChI=1S/C22H24FN3O5/c1-13(10-25-21(29)31-22(2,3)4)30-18-14(9-15(23)11-24-18)12-26-19(27)16-7-5-6-8-17(16)20(26)28/h5-9,11,13H,10,12H2,1-4H3,(H,25,29)/t13-/m0/s1. The van der Waals surface area contributed by atoms with Gasteiger partial charge in [-0.15, -0.1) is 0 Å². The molecule has 2 heterocycles. The Morgan fingerprint density at radius 3 is 2.39 bits per heavy atom. The summed E-state index contributed by atoms with van der Waals surface area (Å²) >= 11 is 0. The lowest BCUT2D eigenvalue weighted by Gasteiger charge is -2.22. The number of aromatic nitrogens is 1. The number of halogens is 1. The number of alkyl carbamates (subject to hydrolysis) is 1. The van der Waals surface area contributed by atoms with Crippen molar-refractivity contribution in [3.63, 3.8) is 0 Å². The smallest absolute Gasteiger partial charge is 0.407 e. The molecule has 1 aliphatic heterocycles. The van der Waals surface area contributed by atoms with E-state index in [0.29, 0.717) is 11.1 Å². The lowest BCUT2D eigenvalue weighted by Crippen LogP contribution is -2.38. The molecule has 1 aliphatic rings. The van der Waals surface area contributed by atoms with Crippen molar-refractivity contribution in [3.8, 4) is 5.88 Å². The maximum Gasteiger partial charge on any atom is 0.407 e. The summed E-state index contributed by atoms with van der Waals surface area (Å²) in [7, 11) is 0. The van der Waals surface area contributed by atoms with Crippen LogP contribution in [0.25, 0.3) is 0 Å². The van der Waals surface area contributed by atoms with E-state index in [9.17, 15) is 18.8 Å². The Hall–Kier alpha value is -3.49. The number of pyridine rings is 1. The zero-order valence-corrected chi connectivity index (χ0v) is 17.8. The van der Waals surface area contributed by atoms with Gasteiger partial charge in [-0.1, -0.05) is 12.1 Å². The van der Waals surface area contributed by atoms with Crippen LogP contribution in [0.5, 0.6) is 5.88 Å². The summed E-state index contributed by atoms with van der Waals surface area (Å²) in [6, 6.07) is 7.65. The van der Waals surface area contributed by atoms with Crippen molar-refractivity contribution in [2.45, 2.75) is 45.9 Å². The van der Waals surface area contributed by atoms with Gasteiger partial charge in [-0.05, 0) is 45.9 Å². The lowest BCUT2D eigenvalue weighted by molar-refractivity contribution is 0.0500. The van der Waals surface area contributed by atoms with Crippen LogP contribution in [0.2, 0.25) is 0 Å². The molecule has 0 fully saturated rings. The van der Waals surface area contributed by atoms with Gasteiger partial charge in [0, 0.05) is 5.56 Å². The predicted octanol–water partition coefficient (Wildman–Crippen LogP) is 3.31. The molecule has 1 atom stereocenters. The number of imide groups is 1. The number of nitrogens with zero attached hydrogens (tertiary/aromatic N) is 2. The third-order valence-corrected chi connectivity index (χ3v) is 4.34. The van der Waals surface area contributed by atoms with Gasteiger partial charge in [0.15, 0.2) is 0 Å². The zero-order chi connectivity index (χ0) is 22.8. The highest BCUT2D eigenvalue weighted by Gasteiger charge is 2.35. The second-order valence-electron chi connectivity index (χ2n) is 8.17. The molecule has 2 aromatic rings. The van der Waals surface area contributed by atoms with Gasteiger partial charge in [0.2, 0.25) is 5.88 Å². The molecule has 0 radical (unpaired) electrons. The number of hydrogen-bond donors (Lipinski definition) is 1. The molecule has 0 spiro atoms. The van der Waals surface area contributed by atoms with E-state index in [-0.39, 0.29) is 24.5 Å². The van der Waals surface area contributed by atoms with E-state index < -0.39 is 35.4 Å². The van der Waals surface area contributed by atoms with Crippen molar-refractivity contribution in [2.24, 2.45) is 0 Å². The molecule has 0 saturated heterocycles. The molecule has 1 aromatic heterocycles. The number of fused-ring (bicyclic) bond motifs is 1. The van der Waals surface area contributed by atoms with Gasteiger partial charge in [0.1, 0.15) is 17.5 Å². The maximum absolute atomic E-state index is 13.8. The van der Waals surface area contributed by atoms with E-state index in [1.807, 2.05) is 0 Å². The minimum Gasteiger partial charge on any atom is -0.473 e. The highest BCUT2D eigenvalue weighted by atomic mass is 19.1. The molecular weight excluding hydrogens is 405 g/mol. The summed E-state index contributed by atoms with van der Waals surface area (Å²) in [4.78, 5) is 42.0. The summed E-state index contributed by atoms with van der Waals surface area (Å²) in [6.45, 7) is 6.86. The molecule has 1 aromatic carbocycles. The number of ether oxygens (including phenoxy) is 2. The third kappa shape index (κ3) is 5.36. The normalized spacial score (nSPS) is 14.3. The fourth-order valence-corrected chi connectivity index (χ4v) is 3.01. The zero-order valence-electron chi connectivity index (χ0n) is 17.8. The minimum absolute atomic E-state index is 0.0662. The number of nitrogens with one attached hydrogen (secondary N) is 1. The van der Waals surface area contributed by atoms with Crippen molar-refractivity contribution in [2.75, 3.05) is 6.54 Å². The van der Waals surface area contributed by atoms with Crippen LogP contribution in [-0.4, -0.2) is 46.0 Å². The maximum atomic E-state index is 13.8. The van der Waals surface area contributed by atoms with Gasteiger partial charge < -0.3 is 14.8 Å². The summed E-state index contributed by atoms with van der Waals surface area (Å²) in [5, 5.41) is 2.58. The fourth-order valence-electron chi connectivity index (χ4n) is 3.01. The van der Waals surface area contributed by atoms with Crippen molar-refractivity contribution in [1.82, 2.24) is 15.2 Å². The van der Waals surface area contributed by atoms with E-state index in [1.54, 1.807) is 52.0 Å². The van der Waals surface area contributed by atoms with E-state index in [4.69, 9.17) is 9.47 Å². The second kappa shape index (κ2) is 8.71. The molecule has 164 valence electrons. The van der Waals surface area contributed by atoms with E-state index in [0.717, 1.165) is 11.1 Å². The van der Waals surface area contributed by atoms with Gasteiger partial charge in [-0.3, -0.25) is 14.5 Å². The quantitative estimate of drug-likeness (QED) is 0.708. The third-order valence-electron chi connectivity index (χ3n) is 4.34. The largest absolute Gasteiger partial charge is 0.473 e. The van der Waals surface area contributed by atoms with Crippen LogP contribution in [0.4, 0.5) is 9.18 Å². The molecule has 8 nitrogen and oxygen atoms in total. The molecule has 3 rings (SSSR count). The predicted molar refractivity (Wildman–Crippen MR) is 109 cm³/mol. The molecule has 0 bridgehead atoms. The van der Waals surface area contributed by atoms with Crippen LogP contribution in [0.3, 0.4) is 0 Å². The SMILES string of the molecule is C[C@@H](CNC(=O)OC(C)(C)C)Oc1ncc(F)cc1CN1C(=O)c2ccccc2C1=O. The first kappa shape index (κ1) is 22.2. The van der Waals surface area contributed by atoms with Crippen molar-refractivity contribution in [1.29, 1.82) is 0 Å². The van der Waals surface area contributed by atoms with Gasteiger partial charge >= 0.3 is 6.09 Å². The molecule has 0 unspecified atom stereocenters. The summed E-state index contributed by atoms with van der Waals surface area (Å²) < 4.78 is 24.8. The molecular formula is C22H24FN3O5. The first-order valence-corrected chi connectivity index (χ1v) is 9.78. The summed E-state index contributed by atoms with van der Waals surface area (Å²) in [6.07, 6.45) is -0.150. The number of amides is 3. The molecule has 0 aliphatic carbocycles. The number of benzene rings is 1. The number of rotatable bonds is 6. The van der Waals surface area contributed by atoms with E-state index in [1.165, 1.54) is 6.07 Å². The summed E-state index contributed by atoms with van der Waals surface area (Å²) in [5.74, 6) is -1.49. The highest BCUT2D eigenvalue weighted by Crippen LogP contribution is 2.27. The molecule has 0 saturated carbocycles. The van der Waals surface area contributed by atoms with Crippen LogP contribution >= 0.6 is 0 Å². The van der Waals surface area contributed by atoms with Gasteiger partial charge in [0.05, 0.1) is 30.4 Å². The topological polar surface area (TPSA) is 97.8 Å². The highest BCUT2D eigenvalue weighted by molar-refractivity contribution is 6.21. The first-order valence-electron chi connectivity index (χ1n) is 9.78. The number of hydrogen-bond acceptors (Lipinski definition) is 6. The van der Waals surface area contributed by atoms with E-state index in [2.05, 4.69) is 10.3 Å². The Labute approximate surface area is 179 Å². The van der Waals surface area contributed by atoms with Crippen molar-refractivity contribution >= 4 is 17.9 Å². The van der Waals surface area contributed by atoms with Gasteiger partial charge in [-0.2, -0.15) is 0 Å². The Morgan fingerprint density at radius 2 is 1.81 bits per heavy atom. The monoisotopic (exact) mass is 429 g/mol. The van der Waals surface area contributed by atoms with Crippen LogP contribution in [-0.2, 0) is 11.3 Å². The second-order valence-corrected chi connectivity index (χ2v) is 8.17. The van der Waals surface area contributed by atoms with Gasteiger partial charge in [0.25, 0.3) is 11.8 Å². The van der Waals surface area contributed by atoms with Crippen molar-refractivity contribution in [3.05, 3.63) is 59.0 Å². The average molecular weight is 429 g/mol. The minimum atomic E-state index is -0.633. The molecule has 31 heavy (non-hydrogen) atoms. The van der Waals surface area contributed by atoms with Gasteiger partial charge in [-0.25, -0.2) is 14.2 Å². The Kier molecular flexibility index (Phi) is 6.24. The number of carbonyl (C=O) groups is 3. The fraction of sp³-hybridized carbons (Fsp3) is 0.364. The molecule has 1 N–H and O–H groups in total. The van der Waals surface area contributed by atoms with Crippen LogP contribution in [0.15, 0.2) is 36.5 Å². The first-order chi connectivity index (χ1) is 14.5. The average Bonchev–Trinajstić information content (AvgIpc) is 2.92.